The standard InChI is InChI=1S/C16H18S/c17-16(11-4-1-5-12-16)15-10-6-8-13-7-2-3-9-14(13)15/h2-3,6-10,17H,1,4-5,11-12H2. The summed E-state index contributed by atoms with van der Waals surface area (Å²) in [5.41, 5.74) is 1.43. The molecule has 0 atom stereocenters. The third kappa shape index (κ3) is 1.97. The maximum absolute atomic E-state index is 5.02. The van der Waals surface area contributed by atoms with E-state index in [1.165, 1.54) is 48.4 Å². The lowest BCUT2D eigenvalue weighted by Crippen LogP contribution is -2.22. The van der Waals surface area contributed by atoms with Gasteiger partial charge in [0.25, 0.3) is 0 Å². The Morgan fingerprint density at radius 2 is 1.53 bits per heavy atom. The molecule has 0 saturated heterocycles. The van der Waals surface area contributed by atoms with E-state index in [0.29, 0.717) is 0 Å². The summed E-state index contributed by atoms with van der Waals surface area (Å²) in [7, 11) is 0. The third-order valence-corrected chi connectivity index (χ3v) is 4.66. The summed E-state index contributed by atoms with van der Waals surface area (Å²) >= 11 is 5.02. The molecule has 0 unspecified atom stereocenters. The predicted molar refractivity (Wildman–Crippen MR) is 77.7 cm³/mol. The number of fused-ring (bicyclic) bond motifs is 1. The maximum atomic E-state index is 5.02. The van der Waals surface area contributed by atoms with E-state index >= 15 is 0 Å². The van der Waals surface area contributed by atoms with Gasteiger partial charge in [0.15, 0.2) is 0 Å². The fourth-order valence-corrected chi connectivity index (χ4v) is 3.55. The van der Waals surface area contributed by atoms with Crippen molar-refractivity contribution in [3.05, 3.63) is 48.0 Å². The van der Waals surface area contributed by atoms with Crippen LogP contribution in [0.2, 0.25) is 0 Å². The molecule has 1 saturated carbocycles. The van der Waals surface area contributed by atoms with Crippen molar-refractivity contribution in [3.63, 3.8) is 0 Å². The Balaban J connectivity index is 2.16. The minimum absolute atomic E-state index is 0.0963. The number of thiol groups is 1. The number of benzene rings is 2. The highest BCUT2D eigenvalue weighted by Crippen LogP contribution is 2.44. The molecule has 1 fully saturated rings. The van der Waals surface area contributed by atoms with Crippen molar-refractivity contribution < 1.29 is 0 Å². The van der Waals surface area contributed by atoms with Crippen LogP contribution in [0.15, 0.2) is 42.5 Å². The summed E-state index contributed by atoms with van der Waals surface area (Å²) in [6, 6.07) is 15.3. The zero-order chi connectivity index (χ0) is 11.7. The van der Waals surface area contributed by atoms with Gasteiger partial charge in [-0.2, -0.15) is 12.6 Å². The van der Waals surface area contributed by atoms with Crippen molar-refractivity contribution >= 4 is 23.4 Å². The molecule has 0 aromatic heterocycles. The van der Waals surface area contributed by atoms with Gasteiger partial charge in [-0.25, -0.2) is 0 Å². The molecule has 1 aliphatic rings. The largest absolute Gasteiger partial charge is 0.168 e. The van der Waals surface area contributed by atoms with Gasteiger partial charge >= 0.3 is 0 Å². The van der Waals surface area contributed by atoms with Crippen LogP contribution in [0, 0.1) is 0 Å². The predicted octanol–water partition coefficient (Wildman–Crippen LogP) is 4.93. The van der Waals surface area contributed by atoms with Crippen molar-refractivity contribution in [2.45, 2.75) is 36.9 Å². The van der Waals surface area contributed by atoms with Gasteiger partial charge in [-0.15, -0.1) is 0 Å². The molecule has 17 heavy (non-hydrogen) atoms. The van der Waals surface area contributed by atoms with Crippen molar-refractivity contribution in [2.24, 2.45) is 0 Å². The molecule has 1 aliphatic carbocycles. The Bertz CT molecular complexity index is 519. The molecule has 0 spiro atoms. The van der Waals surface area contributed by atoms with Crippen LogP contribution in [0.5, 0.6) is 0 Å². The van der Waals surface area contributed by atoms with E-state index in [1.54, 1.807) is 0 Å². The zero-order valence-corrected chi connectivity index (χ0v) is 10.9. The highest BCUT2D eigenvalue weighted by molar-refractivity contribution is 7.81. The number of hydrogen-bond acceptors (Lipinski definition) is 1. The zero-order valence-electron chi connectivity index (χ0n) is 10.0. The molecule has 0 amide bonds. The van der Waals surface area contributed by atoms with Gasteiger partial charge in [0, 0.05) is 4.75 Å². The second-order valence-corrected chi connectivity index (χ2v) is 5.98. The lowest BCUT2D eigenvalue weighted by atomic mass is 9.81. The molecule has 0 bridgehead atoms. The van der Waals surface area contributed by atoms with Crippen LogP contribution in [0.25, 0.3) is 10.8 Å². The summed E-state index contributed by atoms with van der Waals surface area (Å²) in [6.45, 7) is 0. The Labute approximate surface area is 108 Å². The summed E-state index contributed by atoms with van der Waals surface area (Å²) in [4.78, 5) is 0. The fraction of sp³-hybridized carbons (Fsp3) is 0.375. The monoisotopic (exact) mass is 242 g/mol. The van der Waals surface area contributed by atoms with E-state index in [0.717, 1.165) is 0 Å². The smallest absolute Gasteiger partial charge is 0.0384 e. The second-order valence-electron chi connectivity index (χ2n) is 5.12. The Morgan fingerprint density at radius 1 is 0.824 bits per heavy atom. The number of hydrogen-bond donors (Lipinski definition) is 1. The molecule has 1 heteroatoms. The van der Waals surface area contributed by atoms with E-state index < -0.39 is 0 Å². The van der Waals surface area contributed by atoms with Crippen molar-refractivity contribution in [1.29, 1.82) is 0 Å². The van der Waals surface area contributed by atoms with Crippen molar-refractivity contribution in [3.8, 4) is 0 Å². The summed E-state index contributed by atoms with van der Waals surface area (Å²) < 4.78 is 0.0963. The van der Waals surface area contributed by atoms with Gasteiger partial charge in [-0.05, 0) is 29.2 Å². The van der Waals surface area contributed by atoms with E-state index in [9.17, 15) is 0 Å². The Hall–Kier alpha value is -0.950. The fourth-order valence-electron chi connectivity index (χ4n) is 3.04. The van der Waals surface area contributed by atoms with E-state index in [4.69, 9.17) is 12.6 Å². The first-order chi connectivity index (χ1) is 8.30. The Kier molecular flexibility index (Phi) is 2.87. The number of rotatable bonds is 1. The first-order valence-corrected chi connectivity index (χ1v) is 6.95. The molecule has 2 aromatic carbocycles. The quantitative estimate of drug-likeness (QED) is 0.674. The minimum atomic E-state index is 0.0963. The van der Waals surface area contributed by atoms with E-state index in [1.807, 2.05) is 0 Å². The molecule has 2 aromatic rings. The van der Waals surface area contributed by atoms with Crippen LogP contribution in [0.3, 0.4) is 0 Å². The van der Waals surface area contributed by atoms with Gasteiger partial charge in [0.2, 0.25) is 0 Å². The Morgan fingerprint density at radius 3 is 2.35 bits per heavy atom. The van der Waals surface area contributed by atoms with Crippen LogP contribution >= 0.6 is 12.6 Å². The van der Waals surface area contributed by atoms with Crippen molar-refractivity contribution in [1.82, 2.24) is 0 Å². The maximum Gasteiger partial charge on any atom is 0.0384 e. The van der Waals surface area contributed by atoms with Crippen LogP contribution < -0.4 is 0 Å². The lowest BCUT2D eigenvalue weighted by molar-refractivity contribution is 0.412. The van der Waals surface area contributed by atoms with Crippen LogP contribution in [-0.4, -0.2) is 0 Å². The van der Waals surface area contributed by atoms with Crippen LogP contribution in [-0.2, 0) is 4.75 Å². The van der Waals surface area contributed by atoms with Gasteiger partial charge in [0.05, 0.1) is 0 Å². The van der Waals surface area contributed by atoms with Gasteiger partial charge in [0.1, 0.15) is 0 Å². The molecule has 3 rings (SSSR count). The highest BCUT2D eigenvalue weighted by Gasteiger charge is 2.30. The summed E-state index contributed by atoms with van der Waals surface area (Å²) in [5, 5.41) is 2.72. The molecule has 0 heterocycles. The van der Waals surface area contributed by atoms with Gasteiger partial charge in [-0.3, -0.25) is 0 Å². The summed E-state index contributed by atoms with van der Waals surface area (Å²) in [5.74, 6) is 0. The average Bonchev–Trinajstić information content (AvgIpc) is 2.39. The van der Waals surface area contributed by atoms with Gasteiger partial charge in [-0.1, -0.05) is 61.7 Å². The molecule has 0 N–H and O–H groups in total. The SMILES string of the molecule is SC1(c2cccc3ccccc23)CCCCC1. The first-order valence-electron chi connectivity index (χ1n) is 6.50. The third-order valence-electron chi connectivity index (χ3n) is 3.97. The van der Waals surface area contributed by atoms with Gasteiger partial charge < -0.3 is 0 Å². The molecule has 0 radical (unpaired) electrons. The average molecular weight is 242 g/mol. The van der Waals surface area contributed by atoms with Crippen molar-refractivity contribution in [2.75, 3.05) is 0 Å². The van der Waals surface area contributed by atoms with E-state index in [2.05, 4.69) is 42.5 Å². The van der Waals surface area contributed by atoms with Crippen LogP contribution in [0.4, 0.5) is 0 Å². The highest BCUT2D eigenvalue weighted by atomic mass is 32.1. The minimum Gasteiger partial charge on any atom is -0.168 e. The molecule has 0 nitrogen and oxygen atoms in total. The normalized spacial score (nSPS) is 19.4. The lowest BCUT2D eigenvalue weighted by Gasteiger charge is -2.34. The molecular weight excluding hydrogens is 224 g/mol. The second kappa shape index (κ2) is 4.38. The molecule has 88 valence electrons. The molecule has 0 aliphatic heterocycles. The molecular formula is C16H18S. The summed E-state index contributed by atoms with van der Waals surface area (Å²) in [6.07, 6.45) is 6.42. The first kappa shape index (κ1) is 11.2. The topological polar surface area (TPSA) is 0 Å². The van der Waals surface area contributed by atoms with E-state index in [-0.39, 0.29) is 4.75 Å². The van der Waals surface area contributed by atoms with Crippen LogP contribution in [0.1, 0.15) is 37.7 Å².